The molecular formula is C17H18BrNO2. The predicted octanol–water partition coefficient (Wildman–Crippen LogP) is 3.93. The van der Waals surface area contributed by atoms with Gasteiger partial charge in [0.15, 0.2) is 0 Å². The van der Waals surface area contributed by atoms with Crippen LogP contribution in [-0.4, -0.2) is 11.1 Å². The fraction of sp³-hybridized carbons (Fsp3) is 0.235. The van der Waals surface area contributed by atoms with E-state index < -0.39 is 5.97 Å². The van der Waals surface area contributed by atoms with Crippen LogP contribution < -0.4 is 5.32 Å². The summed E-state index contributed by atoms with van der Waals surface area (Å²) >= 11 is 3.47. The van der Waals surface area contributed by atoms with E-state index in [2.05, 4.69) is 40.3 Å². The maximum atomic E-state index is 10.9. The minimum Gasteiger partial charge on any atom is -0.481 e. The molecule has 110 valence electrons. The predicted molar refractivity (Wildman–Crippen MR) is 87.2 cm³/mol. The third-order valence-electron chi connectivity index (χ3n) is 3.41. The van der Waals surface area contributed by atoms with Crippen molar-refractivity contribution in [2.45, 2.75) is 25.9 Å². The number of carboxylic acid groups (broad SMARTS) is 1. The molecule has 0 fully saturated rings. The third kappa shape index (κ3) is 4.69. The van der Waals surface area contributed by atoms with Crippen molar-refractivity contribution in [3.05, 3.63) is 69.7 Å². The van der Waals surface area contributed by atoms with Gasteiger partial charge >= 0.3 is 5.97 Å². The van der Waals surface area contributed by atoms with E-state index in [1.807, 2.05) is 36.4 Å². The van der Waals surface area contributed by atoms with Gasteiger partial charge in [-0.3, -0.25) is 4.79 Å². The molecule has 0 heterocycles. The molecule has 0 aliphatic carbocycles. The topological polar surface area (TPSA) is 49.3 Å². The van der Waals surface area contributed by atoms with Crippen LogP contribution in [-0.2, 0) is 17.8 Å². The first-order valence-corrected chi connectivity index (χ1v) is 7.63. The Bertz CT molecular complexity index is 628. The molecule has 2 N–H and O–H groups in total. The summed E-state index contributed by atoms with van der Waals surface area (Å²) in [5.41, 5.74) is 3.08. The Kier molecular flexibility index (Phi) is 5.53. The molecule has 0 radical (unpaired) electrons. The largest absolute Gasteiger partial charge is 0.481 e. The van der Waals surface area contributed by atoms with Crippen molar-refractivity contribution in [2.75, 3.05) is 0 Å². The Labute approximate surface area is 133 Å². The number of hydrogen-bond donors (Lipinski definition) is 2. The van der Waals surface area contributed by atoms with Crippen LogP contribution in [0, 0.1) is 0 Å². The lowest BCUT2D eigenvalue weighted by molar-refractivity contribution is -0.136. The van der Waals surface area contributed by atoms with E-state index in [0.717, 1.165) is 15.6 Å². The summed E-state index contributed by atoms with van der Waals surface area (Å²) in [5, 5.41) is 12.4. The number of carboxylic acids is 1. The lowest BCUT2D eigenvalue weighted by atomic mass is 10.0. The second kappa shape index (κ2) is 7.38. The second-order valence-corrected chi connectivity index (χ2v) is 5.91. The Hall–Kier alpha value is -1.65. The summed E-state index contributed by atoms with van der Waals surface area (Å²) in [6.07, 6.45) is 0.0587. The summed E-state index contributed by atoms with van der Waals surface area (Å²) in [6, 6.07) is 16.0. The molecule has 0 spiro atoms. The van der Waals surface area contributed by atoms with Crippen LogP contribution in [0.5, 0.6) is 0 Å². The summed E-state index contributed by atoms with van der Waals surface area (Å²) in [6.45, 7) is 2.75. The maximum absolute atomic E-state index is 10.9. The molecule has 0 aliphatic heterocycles. The van der Waals surface area contributed by atoms with E-state index in [-0.39, 0.29) is 12.5 Å². The fourth-order valence-electron chi connectivity index (χ4n) is 2.22. The van der Waals surface area contributed by atoms with Crippen LogP contribution in [0.2, 0.25) is 0 Å². The fourth-order valence-corrected chi connectivity index (χ4v) is 2.64. The molecule has 0 aromatic heterocycles. The van der Waals surface area contributed by atoms with E-state index in [0.29, 0.717) is 6.54 Å². The Morgan fingerprint density at radius 2 is 1.90 bits per heavy atom. The van der Waals surface area contributed by atoms with Crippen LogP contribution in [0.4, 0.5) is 0 Å². The highest BCUT2D eigenvalue weighted by molar-refractivity contribution is 9.10. The molecule has 3 nitrogen and oxygen atoms in total. The molecule has 1 atom stereocenters. The molecule has 0 bridgehead atoms. The summed E-state index contributed by atoms with van der Waals surface area (Å²) < 4.78 is 1.06. The monoisotopic (exact) mass is 347 g/mol. The van der Waals surface area contributed by atoms with Crippen LogP contribution >= 0.6 is 15.9 Å². The molecule has 4 heteroatoms. The molecule has 0 saturated carbocycles. The molecule has 21 heavy (non-hydrogen) atoms. The highest BCUT2D eigenvalue weighted by atomic mass is 79.9. The van der Waals surface area contributed by atoms with Gasteiger partial charge in [-0.15, -0.1) is 0 Å². The van der Waals surface area contributed by atoms with Gasteiger partial charge in [0, 0.05) is 17.1 Å². The van der Waals surface area contributed by atoms with E-state index in [9.17, 15) is 4.79 Å². The smallest absolute Gasteiger partial charge is 0.307 e. The number of hydrogen-bond acceptors (Lipinski definition) is 2. The van der Waals surface area contributed by atoms with Crippen molar-refractivity contribution < 1.29 is 9.90 Å². The van der Waals surface area contributed by atoms with E-state index in [1.165, 1.54) is 5.56 Å². The molecule has 0 saturated heterocycles. The lowest BCUT2D eigenvalue weighted by Gasteiger charge is -2.16. The standard InChI is InChI=1S/C17H18BrNO2/c1-12(13-7-4-8-16(18)9-13)19-11-15-6-3-2-5-14(15)10-17(20)21/h2-9,12,19H,10-11H2,1H3,(H,20,21)/t12-/m1/s1. The molecule has 2 aromatic rings. The summed E-state index contributed by atoms with van der Waals surface area (Å²) in [7, 11) is 0. The first-order chi connectivity index (χ1) is 10.1. The third-order valence-corrected chi connectivity index (χ3v) is 3.90. The maximum Gasteiger partial charge on any atom is 0.307 e. The van der Waals surface area contributed by atoms with Crippen molar-refractivity contribution in [1.29, 1.82) is 0 Å². The lowest BCUT2D eigenvalue weighted by Crippen LogP contribution is -2.19. The van der Waals surface area contributed by atoms with Crippen molar-refractivity contribution in [3.63, 3.8) is 0 Å². The highest BCUT2D eigenvalue weighted by Gasteiger charge is 2.09. The van der Waals surface area contributed by atoms with Gasteiger partial charge in [-0.05, 0) is 35.7 Å². The Morgan fingerprint density at radius 1 is 1.19 bits per heavy atom. The second-order valence-electron chi connectivity index (χ2n) is 5.00. The van der Waals surface area contributed by atoms with E-state index >= 15 is 0 Å². The summed E-state index contributed by atoms with van der Waals surface area (Å²) in [5.74, 6) is -0.803. The van der Waals surface area contributed by atoms with Gasteiger partial charge in [-0.1, -0.05) is 52.3 Å². The number of benzene rings is 2. The average Bonchev–Trinajstić information content (AvgIpc) is 2.45. The van der Waals surface area contributed by atoms with Crippen LogP contribution in [0.1, 0.15) is 29.7 Å². The van der Waals surface area contributed by atoms with Gasteiger partial charge in [0.05, 0.1) is 6.42 Å². The van der Waals surface area contributed by atoms with Crippen molar-refractivity contribution >= 4 is 21.9 Å². The zero-order valence-electron chi connectivity index (χ0n) is 11.8. The van der Waals surface area contributed by atoms with Crippen molar-refractivity contribution in [2.24, 2.45) is 0 Å². The quantitative estimate of drug-likeness (QED) is 0.832. The van der Waals surface area contributed by atoms with Crippen molar-refractivity contribution in [1.82, 2.24) is 5.32 Å². The van der Waals surface area contributed by atoms with Crippen LogP contribution in [0.3, 0.4) is 0 Å². The first-order valence-electron chi connectivity index (χ1n) is 6.83. The number of halogens is 1. The summed E-state index contributed by atoms with van der Waals surface area (Å²) in [4.78, 5) is 10.9. The number of carbonyl (C=O) groups is 1. The number of aliphatic carboxylic acids is 1. The van der Waals surface area contributed by atoms with Gasteiger partial charge in [0.2, 0.25) is 0 Å². The molecule has 0 aliphatic rings. The van der Waals surface area contributed by atoms with E-state index in [1.54, 1.807) is 0 Å². The first kappa shape index (κ1) is 15.7. The Morgan fingerprint density at radius 3 is 2.57 bits per heavy atom. The number of nitrogens with one attached hydrogen (secondary N) is 1. The molecule has 2 aromatic carbocycles. The minimum absolute atomic E-state index is 0.0587. The van der Waals surface area contributed by atoms with Gasteiger partial charge < -0.3 is 10.4 Å². The minimum atomic E-state index is -0.803. The molecule has 0 unspecified atom stereocenters. The van der Waals surface area contributed by atoms with Crippen LogP contribution in [0.25, 0.3) is 0 Å². The van der Waals surface area contributed by atoms with Gasteiger partial charge in [-0.2, -0.15) is 0 Å². The number of rotatable bonds is 6. The molecule has 0 amide bonds. The van der Waals surface area contributed by atoms with Crippen molar-refractivity contribution in [3.8, 4) is 0 Å². The molecular weight excluding hydrogens is 330 g/mol. The normalized spacial score (nSPS) is 12.1. The van der Waals surface area contributed by atoms with Gasteiger partial charge in [-0.25, -0.2) is 0 Å². The van der Waals surface area contributed by atoms with Gasteiger partial charge in [0.1, 0.15) is 0 Å². The zero-order valence-corrected chi connectivity index (χ0v) is 13.4. The van der Waals surface area contributed by atoms with Gasteiger partial charge in [0.25, 0.3) is 0 Å². The SMILES string of the molecule is C[C@@H](NCc1ccccc1CC(=O)O)c1cccc(Br)c1. The average molecular weight is 348 g/mol. The highest BCUT2D eigenvalue weighted by Crippen LogP contribution is 2.19. The van der Waals surface area contributed by atoms with Crippen LogP contribution in [0.15, 0.2) is 53.0 Å². The Balaban J connectivity index is 2.04. The molecule has 2 rings (SSSR count). The van der Waals surface area contributed by atoms with E-state index in [4.69, 9.17) is 5.11 Å². The zero-order chi connectivity index (χ0) is 15.2.